The van der Waals surface area contributed by atoms with E-state index in [-0.39, 0.29) is 25.3 Å². The van der Waals surface area contributed by atoms with Gasteiger partial charge in [-0.15, -0.1) is 0 Å². The van der Waals surface area contributed by atoms with Crippen LogP contribution in [0.15, 0.2) is 0 Å². The second-order valence-corrected chi connectivity index (χ2v) is 3.99. The van der Waals surface area contributed by atoms with Crippen LogP contribution in [0.1, 0.15) is 19.8 Å². The third-order valence-electron chi connectivity index (χ3n) is 2.12. The molecule has 0 radical (unpaired) electrons. The summed E-state index contributed by atoms with van der Waals surface area (Å²) in [5.74, 6) is -1.17. The van der Waals surface area contributed by atoms with E-state index in [2.05, 4.69) is 16.0 Å². The largest absolute Gasteiger partial charge is 0.481 e. The Kier molecular flexibility index (Phi) is 9.15. The summed E-state index contributed by atoms with van der Waals surface area (Å²) < 4.78 is 4.77. The molecule has 1 atom stereocenters. The number of hydrogen-bond donors (Lipinski definition) is 4. The summed E-state index contributed by atoms with van der Waals surface area (Å²) in [4.78, 5) is 32.9. The van der Waals surface area contributed by atoms with E-state index < -0.39 is 18.0 Å². The van der Waals surface area contributed by atoms with E-state index in [1.54, 1.807) is 6.92 Å². The maximum absolute atomic E-state index is 11.3. The Morgan fingerprint density at radius 2 is 1.89 bits per heavy atom. The number of hydrogen-bond acceptors (Lipinski definition) is 4. The number of rotatable bonds is 9. The highest BCUT2D eigenvalue weighted by molar-refractivity contribution is 5.78. The van der Waals surface area contributed by atoms with Crippen molar-refractivity contribution in [2.45, 2.75) is 25.8 Å². The van der Waals surface area contributed by atoms with Gasteiger partial charge in [0, 0.05) is 32.7 Å². The molecule has 0 aliphatic carbocycles. The SMILES string of the molecule is COCCNC(=O)CCNC(=O)NC(C)CC(=O)O. The van der Waals surface area contributed by atoms with Crippen LogP contribution in [-0.2, 0) is 14.3 Å². The van der Waals surface area contributed by atoms with Gasteiger partial charge >= 0.3 is 12.0 Å². The molecule has 0 aliphatic heterocycles. The van der Waals surface area contributed by atoms with Crippen molar-refractivity contribution in [2.24, 2.45) is 0 Å². The molecule has 0 aliphatic rings. The first kappa shape index (κ1) is 17.2. The van der Waals surface area contributed by atoms with E-state index in [0.29, 0.717) is 13.2 Å². The molecule has 0 fully saturated rings. The highest BCUT2D eigenvalue weighted by atomic mass is 16.5. The van der Waals surface area contributed by atoms with Crippen LogP contribution in [0.4, 0.5) is 4.79 Å². The first-order valence-corrected chi connectivity index (χ1v) is 5.97. The Bertz CT molecular complexity index is 309. The van der Waals surface area contributed by atoms with E-state index in [4.69, 9.17) is 9.84 Å². The standard InChI is InChI=1S/C11H21N3O5/c1-8(7-10(16)17)14-11(18)13-4-3-9(15)12-5-6-19-2/h8H,3-7H2,1-2H3,(H,12,15)(H,16,17)(H2,13,14,18). The van der Waals surface area contributed by atoms with Crippen molar-refractivity contribution in [3.8, 4) is 0 Å². The van der Waals surface area contributed by atoms with Gasteiger partial charge in [0.2, 0.25) is 5.91 Å². The first-order chi connectivity index (χ1) is 8.95. The Morgan fingerprint density at radius 3 is 2.47 bits per heavy atom. The molecule has 0 bridgehead atoms. The lowest BCUT2D eigenvalue weighted by Crippen LogP contribution is -2.42. The minimum Gasteiger partial charge on any atom is -0.481 e. The molecule has 0 saturated carbocycles. The van der Waals surface area contributed by atoms with Gasteiger partial charge < -0.3 is 25.8 Å². The first-order valence-electron chi connectivity index (χ1n) is 5.97. The average Bonchev–Trinajstić information content (AvgIpc) is 2.27. The van der Waals surface area contributed by atoms with Gasteiger partial charge in [-0.2, -0.15) is 0 Å². The number of urea groups is 1. The van der Waals surface area contributed by atoms with Crippen molar-refractivity contribution in [3.63, 3.8) is 0 Å². The summed E-state index contributed by atoms with van der Waals surface area (Å²) >= 11 is 0. The van der Waals surface area contributed by atoms with Crippen LogP contribution in [0.2, 0.25) is 0 Å². The average molecular weight is 275 g/mol. The summed E-state index contributed by atoms with van der Waals surface area (Å²) in [6.07, 6.45) is 0.00930. The molecule has 0 heterocycles. The number of carbonyl (C=O) groups excluding carboxylic acids is 2. The molecular formula is C11H21N3O5. The van der Waals surface area contributed by atoms with E-state index in [1.807, 2.05) is 0 Å². The smallest absolute Gasteiger partial charge is 0.315 e. The minimum absolute atomic E-state index is 0.148. The van der Waals surface area contributed by atoms with Crippen molar-refractivity contribution in [1.29, 1.82) is 0 Å². The normalized spacial score (nSPS) is 11.5. The van der Waals surface area contributed by atoms with Crippen LogP contribution in [-0.4, -0.2) is 55.9 Å². The molecule has 4 N–H and O–H groups in total. The Labute approximate surface area is 111 Å². The number of ether oxygens (including phenoxy) is 1. The highest BCUT2D eigenvalue weighted by Gasteiger charge is 2.10. The molecule has 1 unspecified atom stereocenters. The van der Waals surface area contributed by atoms with Gasteiger partial charge in [-0.1, -0.05) is 0 Å². The molecule has 0 spiro atoms. The summed E-state index contributed by atoms with van der Waals surface area (Å²) in [7, 11) is 1.54. The van der Waals surface area contributed by atoms with Crippen LogP contribution in [0, 0.1) is 0 Å². The zero-order valence-corrected chi connectivity index (χ0v) is 11.2. The van der Waals surface area contributed by atoms with Gasteiger partial charge in [-0.05, 0) is 6.92 Å². The zero-order chi connectivity index (χ0) is 14.7. The number of carbonyl (C=O) groups is 3. The lowest BCUT2D eigenvalue weighted by atomic mass is 10.2. The fraction of sp³-hybridized carbons (Fsp3) is 0.727. The fourth-order valence-corrected chi connectivity index (χ4v) is 1.26. The van der Waals surface area contributed by atoms with Crippen LogP contribution >= 0.6 is 0 Å². The van der Waals surface area contributed by atoms with Crippen molar-refractivity contribution in [3.05, 3.63) is 0 Å². The second-order valence-electron chi connectivity index (χ2n) is 3.99. The quantitative estimate of drug-likeness (QED) is 0.415. The van der Waals surface area contributed by atoms with Gasteiger partial charge in [0.25, 0.3) is 0 Å². The van der Waals surface area contributed by atoms with E-state index in [0.717, 1.165) is 0 Å². The molecule has 110 valence electrons. The van der Waals surface area contributed by atoms with Crippen molar-refractivity contribution >= 4 is 17.9 Å². The Balaban J connectivity index is 3.62. The predicted octanol–water partition coefficient (Wildman–Crippen LogP) is -0.698. The van der Waals surface area contributed by atoms with Crippen molar-refractivity contribution in [2.75, 3.05) is 26.8 Å². The minimum atomic E-state index is -0.981. The number of carboxylic acids is 1. The number of carboxylic acid groups (broad SMARTS) is 1. The monoisotopic (exact) mass is 275 g/mol. The van der Waals surface area contributed by atoms with Gasteiger partial charge in [0.05, 0.1) is 13.0 Å². The van der Waals surface area contributed by atoms with Gasteiger partial charge in [-0.25, -0.2) is 4.79 Å². The topological polar surface area (TPSA) is 117 Å². The van der Waals surface area contributed by atoms with Crippen LogP contribution in [0.3, 0.4) is 0 Å². The molecule has 19 heavy (non-hydrogen) atoms. The highest BCUT2D eigenvalue weighted by Crippen LogP contribution is 1.89. The zero-order valence-electron chi connectivity index (χ0n) is 11.2. The molecule has 0 aromatic heterocycles. The van der Waals surface area contributed by atoms with Crippen molar-refractivity contribution < 1.29 is 24.2 Å². The lowest BCUT2D eigenvalue weighted by molar-refractivity contribution is -0.137. The number of amides is 3. The fourth-order valence-electron chi connectivity index (χ4n) is 1.26. The molecule has 0 rings (SSSR count). The molecule has 8 heteroatoms. The summed E-state index contributed by atoms with van der Waals surface area (Å²) in [6.45, 7) is 2.64. The van der Waals surface area contributed by atoms with Crippen molar-refractivity contribution in [1.82, 2.24) is 16.0 Å². The number of aliphatic carboxylic acids is 1. The summed E-state index contributed by atoms with van der Waals surface area (Å²) in [6, 6.07) is -0.952. The second kappa shape index (κ2) is 10.1. The Hall–Kier alpha value is -1.83. The predicted molar refractivity (Wildman–Crippen MR) is 67.8 cm³/mol. The molecule has 8 nitrogen and oxygen atoms in total. The molecule has 0 saturated heterocycles. The van der Waals surface area contributed by atoms with Gasteiger partial charge in [-0.3, -0.25) is 9.59 Å². The van der Waals surface area contributed by atoms with Gasteiger partial charge in [0.1, 0.15) is 0 Å². The summed E-state index contributed by atoms with van der Waals surface area (Å²) in [5, 5.41) is 16.1. The number of nitrogens with one attached hydrogen (secondary N) is 3. The maximum Gasteiger partial charge on any atom is 0.315 e. The number of methoxy groups -OCH3 is 1. The summed E-state index contributed by atoms with van der Waals surface area (Å²) in [5.41, 5.74) is 0. The Morgan fingerprint density at radius 1 is 1.21 bits per heavy atom. The molecule has 0 aromatic carbocycles. The maximum atomic E-state index is 11.3. The molecular weight excluding hydrogens is 254 g/mol. The van der Waals surface area contributed by atoms with E-state index in [9.17, 15) is 14.4 Å². The third-order valence-corrected chi connectivity index (χ3v) is 2.12. The third kappa shape index (κ3) is 11.0. The van der Waals surface area contributed by atoms with E-state index in [1.165, 1.54) is 7.11 Å². The van der Waals surface area contributed by atoms with Crippen LogP contribution in [0.5, 0.6) is 0 Å². The molecule has 3 amide bonds. The lowest BCUT2D eigenvalue weighted by Gasteiger charge is -2.12. The molecule has 0 aromatic rings. The van der Waals surface area contributed by atoms with Crippen LogP contribution in [0.25, 0.3) is 0 Å². The van der Waals surface area contributed by atoms with Gasteiger partial charge in [0.15, 0.2) is 0 Å². The van der Waals surface area contributed by atoms with Crippen LogP contribution < -0.4 is 16.0 Å². The van der Waals surface area contributed by atoms with E-state index >= 15 is 0 Å².